The third-order valence-corrected chi connectivity index (χ3v) is 4.28. The van der Waals surface area contributed by atoms with Crippen LogP contribution in [0.4, 0.5) is 11.4 Å². The molecule has 144 valence electrons. The maximum Gasteiger partial charge on any atom is 0.269 e. The van der Waals surface area contributed by atoms with E-state index in [0.29, 0.717) is 22.8 Å². The number of nitro benzene ring substituents is 1. The second kappa shape index (κ2) is 8.23. The maximum atomic E-state index is 12.5. The van der Waals surface area contributed by atoms with Gasteiger partial charge in [0.2, 0.25) is 0 Å². The van der Waals surface area contributed by atoms with Gasteiger partial charge in [-0.15, -0.1) is 0 Å². The monoisotopic (exact) mass is 387 g/mol. The van der Waals surface area contributed by atoms with Crippen LogP contribution in [0.3, 0.4) is 0 Å². The predicted molar refractivity (Wildman–Crippen MR) is 109 cm³/mol. The van der Waals surface area contributed by atoms with E-state index < -0.39 is 10.8 Å². The molecule has 0 spiro atoms. The molecule has 7 nitrogen and oxygen atoms in total. The lowest BCUT2D eigenvalue weighted by molar-refractivity contribution is -0.384. The van der Waals surface area contributed by atoms with Crippen LogP contribution in [0.15, 0.2) is 64.6 Å². The van der Waals surface area contributed by atoms with Crippen LogP contribution >= 0.6 is 0 Å². The van der Waals surface area contributed by atoms with E-state index in [1.807, 2.05) is 38.1 Å². The lowest BCUT2D eigenvalue weighted by Crippen LogP contribution is -2.14. The molecule has 3 aromatic rings. The number of hydrogen-bond acceptors (Lipinski definition) is 5. The highest BCUT2D eigenvalue weighted by Gasteiger charge is 2.13. The number of nitrogens with zero attached hydrogens (tertiary/aromatic N) is 2. The number of nitro groups is 1. The van der Waals surface area contributed by atoms with Gasteiger partial charge in [0, 0.05) is 29.5 Å². The molecule has 1 aromatic heterocycles. The average Bonchev–Trinajstić information content (AvgIpc) is 3.17. The van der Waals surface area contributed by atoms with Crippen LogP contribution in [0.2, 0.25) is 0 Å². The quantitative estimate of drug-likeness (QED) is 0.286. The van der Waals surface area contributed by atoms with E-state index in [9.17, 15) is 20.2 Å². The van der Waals surface area contributed by atoms with E-state index in [-0.39, 0.29) is 11.3 Å². The minimum absolute atomic E-state index is 0.0182. The summed E-state index contributed by atoms with van der Waals surface area (Å²) in [6.45, 7) is 3.78. The highest BCUT2D eigenvalue weighted by atomic mass is 16.6. The van der Waals surface area contributed by atoms with Gasteiger partial charge in [0.15, 0.2) is 0 Å². The van der Waals surface area contributed by atoms with Crippen LogP contribution in [-0.4, -0.2) is 10.8 Å². The fourth-order valence-electron chi connectivity index (χ4n) is 2.68. The molecule has 0 radical (unpaired) electrons. The first-order valence-corrected chi connectivity index (χ1v) is 8.72. The molecule has 1 amide bonds. The van der Waals surface area contributed by atoms with Crippen LogP contribution < -0.4 is 5.32 Å². The third kappa shape index (κ3) is 4.57. The maximum absolute atomic E-state index is 12.5. The SMILES string of the molecule is Cc1ccc(C)c(NC(=O)/C(C#N)=C/c2ccc(-c3ccc([N+](=O)[O-])cc3)o2)c1. The molecule has 1 N–H and O–H groups in total. The molecule has 0 fully saturated rings. The standard InChI is InChI=1S/C22H17N3O4/c1-14-3-4-15(2)20(11-14)24-22(26)17(13-23)12-19-9-10-21(29-19)16-5-7-18(8-6-16)25(27)28/h3-12H,1-2H3,(H,24,26)/b17-12+. The molecule has 0 unspecified atom stereocenters. The Morgan fingerprint density at radius 1 is 1.14 bits per heavy atom. The number of amides is 1. The van der Waals surface area contributed by atoms with E-state index >= 15 is 0 Å². The molecule has 0 aliphatic heterocycles. The fourth-order valence-corrected chi connectivity index (χ4v) is 2.68. The lowest BCUT2D eigenvalue weighted by Gasteiger charge is -2.08. The van der Waals surface area contributed by atoms with Gasteiger partial charge in [0.1, 0.15) is 23.2 Å². The van der Waals surface area contributed by atoms with Gasteiger partial charge >= 0.3 is 0 Å². The number of furan rings is 1. The van der Waals surface area contributed by atoms with E-state index in [0.717, 1.165) is 11.1 Å². The van der Waals surface area contributed by atoms with Crippen LogP contribution in [0, 0.1) is 35.3 Å². The normalized spacial score (nSPS) is 11.0. The molecule has 1 heterocycles. The number of anilines is 1. The van der Waals surface area contributed by atoms with Crippen molar-refractivity contribution in [3.05, 3.63) is 87.2 Å². The Hall–Kier alpha value is -4.18. The second-order valence-corrected chi connectivity index (χ2v) is 6.45. The Bertz CT molecular complexity index is 1150. The molecule has 0 saturated heterocycles. The number of aryl methyl sites for hydroxylation is 2. The van der Waals surface area contributed by atoms with Gasteiger partial charge in [-0.25, -0.2) is 0 Å². The number of carbonyl (C=O) groups excluding carboxylic acids is 1. The zero-order valence-corrected chi connectivity index (χ0v) is 15.8. The summed E-state index contributed by atoms with van der Waals surface area (Å²) in [4.78, 5) is 22.8. The van der Waals surface area contributed by atoms with Crippen molar-refractivity contribution in [2.75, 3.05) is 5.32 Å². The Morgan fingerprint density at radius 2 is 1.86 bits per heavy atom. The van der Waals surface area contributed by atoms with Crippen molar-refractivity contribution in [2.45, 2.75) is 13.8 Å². The summed E-state index contributed by atoms with van der Waals surface area (Å²) in [5.74, 6) is 0.263. The van der Waals surface area contributed by atoms with Crippen LogP contribution in [-0.2, 0) is 4.79 Å². The minimum Gasteiger partial charge on any atom is -0.457 e. The Morgan fingerprint density at radius 3 is 2.52 bits per heavy atom. The van der Waals surface area contributed by atoms with Gasteiger partial charge in [-0.1, -0.05) is 12.1 Å². The molecule has 7 heteroatoms. The highest BCUT2D eigenvalue weighted by Crippen LogP contribution is 2.26. The summed E-state index contributed by atoms with van der Waals surface area (Å²) in [6, 6.07) is 16.8. The number of rotatable bonds is 5. The van der Waals surface area contributed by atoms with Crippen molar-refractivity contribution in [1.82, 2.24) is 0 Å². The molecule has 2 aromatic carbocycles. The van der Waals surface area contributed by atoms with E-state index in [4.69, 9.17) is 4.42 Å². The zero-order valence-electron chi connectivity index (χ0n) is 15.8. The summed E-state index contributed by atoms with van der Waals surface area (Å²) in [7, 11) is 0. The third-order valence-electron chi connectivity index (χ3n) is 4.28. The van der Waals surface area contributed by atoms with Gasteiger partial charge in [-0.3, -0.25) is 14.9 Å². The van der Waals surface area contributed by atoms with Gasteiger partial charge in [-0.2, -0.15) is 5.26 Å². The van der Waals surface area contributed by atoms with Crippen LogP contribution in [0.1, 0.15) is 16.9 Å². The summed E-state index contributed by atoms with van der Waals surface area (Å²) in [5.41, 5.74) is 3.05. The number of carbonyl (C=O) groups is 1. The average molecular weight is 387 g/mol. The van der Waals surface area contributed by atoms with Gasteiger partial charge in [-0.05, 0) is 55.3 Å². The Kier molecular flexibility index (Phi) is 5.56. The molecule has 0 bridgehead atoms. The van der Waals surface area contributed by atoms with Crippen molar-refractivity contribution in [3.8, 4) is 17.4 Å². The molecule has 0 atom stereocenters. The first kappa shape index (κ1) is 19.6. The minimum atomic E-state index is -0.533. The molecular weight excluding hydrogens is 370 g/mol. The first-order chi connectivity index (χ1) is 13.9. The summed E-state index contributed by atoms with van der Waals surface area (Å²) in [5, 5.41) is 22.9. The lowest BCUT2D eigenvalue weighted by atomic mass is 10.1. The van der Waals surface area contributed by atoms with Crippen molar-refractivity contribution in [2.24, 2.45) is 0 Å². The van der Waals surface area contributed by atoms with Gasteiger partial charge in [0.05, 0.1) is 4.92 Å². The van der Waals surface area contributed by atoms with Gasteiger partial charge < -0.3 is 9.73 Å². The van der Waals surface area contributed by atoms with Crippen molar-refractivity contribution >= 4 is 23.4 Å². The topological polar surface area (TPSA) is 109 Å². The highest BCUT2D eigenvalue weighted by molar-refractivity contribution is 6.09. The fraction of sp³-hybridized carbons (Fsp3) is 0.0909. The van der Waals surface area contributed by atoms with Crippen LogP contribution in [0.5, 0.6) is 0 Å². The molecular formula is C22H17N3O4. The largest absolute Gasteiger partial charge is 0.457 e. The number of nitriles is 1. The molecule has 29 heavy (non-hydrogen) atoms. The Balaban J connectivity index is 1.81. The summed E-state index contributed by atoms with van der Waals surface area (Å²) < 4.78 is 5.67. The van der Waals surface area contributed by atoms with Crippen molar-refractivity contribution in [3.63, 3.8) is 0 Å². The first-order valence-electron chi connectivity index (χ1n) is 8.72. The smallest absolute Gasteiger partial charge is 0.269 e. The van der Waals surface area contributed by atoms with Crippen molar-refractivity contribution in [1.29, 1.82) is 5.26 Å². The molecule has 0 aliphatic carbocycles. The summed E-state index contributed by atoms with van der Waals surface area (Å²) >= 11 is 0. The molecule has 3 rings (SSSR count). The van der Waals surface area contributed by atoms with Gasteiger partial charge in [0.25, 0.3) is 11.6 Å². The van der Waals surface area contributed by atoms with E-state index in [2.05, 4.69) is 5.32 Å². The predicted octanol–water partition coefficient (Wildman–Crippen LogP) is 5.02. The van der Waals surface area contributed by atoms with E-state index in [1.54, 1.807) is 24.3 Å². The number of benzene rings is 2. The van der Waals surface area contributed by atoms with E-state index in [1.165, 1.54) is 18.2 Å². The zero-order chi connectivity index (χ0) is 21.0. The Labute approximate surface area is 167 Å². The number of nitrogens with one attached hydrogen (secondary N) is 1. The molecule has 0 saturated carbocycles. The number of non-ortho nitro benzene ring substituents is 1. The molecule has 0 aliphatic rings. The van der Waals surface area contributed by atoms with Crippen molar-refractivity contribution < 1.29 is 14.1 Å². The number of hydrogen-bond donors (Lipinski definition) is 1. The van der Waals surface area contributed by atoms with Crippen LogP contribution in [0.25, 0.3) is 17.4 Å². The summed E-state index contributed by atoms with van der Waals surface area (Å²) in [6.07, 6.45) is 1.36. The second-order valence-electron chi connectivity index (χ2n) is 6.45.